The largest absolute Gasteiger partial charge is 0.444 e. The van der Waals surface area contributed by atoms with E-state index in [9.17, 15) is 4.79 Å². The van der Waals surface area contributed by atoms with E-state index in [0.717, 1.165) is 33.3 Å². The highest BCUT2D eigenvalue weighted by molar-refractivity contribution is 5.87. The summed E-state index contributed by atoms with van der Waals surface area (Å²) >= 11 is 0. The third-order valence-electron chi connectivity index (χ3n) is 3.98. The zero-order valence-corrected chi connectivity index (χ0v) is 14.1. The first-order chi connectivity index (χ1) is 11.5. The summed E-state index contributed by atoms with van der Waals surface area (Å²) in [5.41, 5.74) is 5.77. The fourth-order valence-electron chi connectivity index (χ4n) is 2.94. The number of pyridine rings is 1. The number of para-hydroxylation sites is 1. The molecule has 1 heterocycles. The van der Waals surface area contributed by atoms with Crippen molar-refractivity contribution in [3.8, 4) is 0 Å². The maximum atomic E-state index is 12.2. The minimum atomic E-state index is -0.460. The number of hydrogen-bond donors (Lipinski definition) is 1. The molecule has 3 aromatic rings. The lowest BCUT2D eigenvalue weighted by Gasteiger charge is -2.13. The number of aromatic nitrogens is 1. The maximum absolute atomic E-state index is 12.2. The van der Waals surface area contributed by atoms with E-state index in [-0.39, 0.29) is 6.61 Å². The number of amides is 1. The molecule has 0 saturated carbocycles. The number of aryl methyl sites for hydroxylation is 3. The molecule has 3 rings (SSSR count). The Balaban J connectivity index is 1.72. The minimum Gasteiger partial charge on any atom is -0.444 e. The quantitative estimate of drug-likeness (QED) is 0.746. The van der Waals surface area contributed by atoms with Crippen LogP contribution in [0.5, 0.6) is 0 Å². The van der Waals surface area contributed by atoms with Gasteiger partial charge in [-0.15, -0.1) is 0 Å². The number of nitrogens with one attached hydrogen (secondary N) is 1. The second kappa shape index (κ2) is 6.71. The summed E-state index contributed by atoms with van der Waals surface area (Å²) in [6.45, 7) is 6.17. The van der Waals surface area contributed by atoms with Crippen molar-refractivity contribution in [2.75, 3.05) is 5.32 Å². The van der Waals surface area contributed by atoms with Crippen LogP contribution in [-0.2, 0) is 11.3 Å². The highest BCUT2D eigenvalue weighted by atomic mass is 16.5. The summed E-state index contributed by atoms with van der Waals surface area (Å²) < 4.78 is 5.39. The highest BCUT2D eigenvalue weighted by Crippen LogP contribution is 2.22. The number of anilines is 1. The molecule has 0 spiro atoms. The summed E-state index contributed by atoms with van der Waals surface area (Å²) in [6, 6.07) is 13.8. The van der Waals surface area contributed by atoms with E-state index >= 15 is 0 Å². The van der Waals surface area contributed by atoms with Gasteiger partial charge in [0, 0.05) is 22.8 Å². The van der Waals surface area contributed by atoms with Crippen molar-refractivity contribution >= 4 is 22.7 Å². The Kier molecular flexibility index (Phi) is 4.47. The van der Waals surface area contributed by atoms with E-state index in [4.69, 9.17) is 4.74 Å². The van der Waals surface area contributed by atoms with Crippen LogP contribution in [0.15, 0.2) is 48.7 Å². The van der Waals surface area contributed by atoms with Gasteiger partial charge in [0.05, 0.1) is 5.52 Å². The Labute approximate surface area is 141 Å². The Hall–Kier alpha value is -2.88. The standard InChI is InChI=1S/C20H20N2O2/c1-13-10-14(2)18(15(3)11-13)22-20(23)24-12-17-7-4-6-16-8-5-9-21-19(16)17/h4-11H,12H2,1-3H3,(H,22,23). The van der Waals surface area contributed by atoms with Gasteiger partial charge < -0.3 is 4.74 Å². The van der Waals surface area contributed by atoms with Crippen LogP contribution in [0, 0.1) is 20.8 Å². The maximum Gasteiger partial charge on any atom is 0.411 e. The molecule has 0 bridgehead atoms. The van der Waals surface area contributed by atoms with E-state index in [1.165, 1.54) is 5.56 Å². The number of nitrogens with zero attached hydrogens (tertiary/aromatic N) is 1. The number of carbonyl (C=O) groups excluding carboxylic acids is 1. The normalized spacial score (nSPS) is 10.6. The average molecular weight is 320 g/mol. The van der Waals surface area contributed by atoms with Crippen molar-refractivity contribution in [1.82, 2.24) is 4.98 Å². The fraction of sp³-hybridized carbons (Fsp3) is 0.200. The van der Waals surface area contributed by atoms with E-state index in [1.54, 1.807) is 6.20 Å². The van der Waals surface area contributed by atoms with Crippen molar-refractivity contribution in [2.45, 2.75) is 27.4 Å². The topological polar surface area (TPSA) is 51.2 Å². The van der Waals surface area contributed by atoms with Crippen LogP contribution in [0.3, 0.4) is 0 Å². The number of carbonyl (C=O) groups is 1. The van der Waals surface area contributed by atoms with E-state index in [2.05, 4.69) is 10.3 Å². The van der Waals surface area contributed by atoms with Crippen LogP contribution in [0.4, 0.5) is 10.5 Å². The van der Waals surface area contributed by atoms with E-state index in [0.29, 0.717) is 0 Å². The molecular formula is C20H20N2O2. The molecule has 122 valence electrons. The first-order valence-electron chi connectivity index (χ1n) is 7.89. The molecule has 1 amide bonds. The lowest BCUT2D eigenvalue weighted by molar-refractivity contribution is 0.155. The smallest absolute Gasteiger partial charge is 0.411 e. The number of fused-ring (bicyclic) bond motifs is 1. The van der Waals surface area contributed by atoms with Crippen molar-refractivity contribution in [1.29, 1.82) is 0 Å². The second-order valence-electron chi connectivity index (χ2n) is 5.97. The third-order valence-corrected chi connectivity index (χ3v) is 3.98. The molecule has 4 heteroatoms. The third kappa shape index (κ3) is 3.38. The number of ether oxygens (including phenoxy) is 1. The molecule has 1 N–H and O–H groups in total. The summed E-state index contributed by atoms with van der Waals surface area (Å²) in [7, 11) is 0. The molecule has 4 nitrogen and oxygen atoms in total. The zero-order valence-electron chi connectivity index (χ0n) is 14.1. The molecule has 0 atom stereocenters. The van der Waals surface area contributed by atoms with Crippen LogP contribution >= 0.6 is 0 Å². The molecule has 24 heavy (non-hydrogen) atoms. The first-order valence-corrected chi connectivity index (χ1v) is 7.89. The van der Waals surface area contributed by atoms with Crippen LogP contribution in [0.1, 0.15) is 22.3 Å². The van der Waals surface area contributed by atoms with Gasteiger partial charge in [-0.05, 0) is 38.0 Å². The van der Waals surface area contributed by atoms with Crippen LogP contribution in [0.25, 0.3) is 10.9 Å². The Morgan fingerprint density at radius 1 is 1.08 bits per heavy atom. The lowest BCUT2D eigenvalue weighted by atomic mass is 10.1. The SMILES string of the molecule is Cc1cc(C)c(NC(=O)OCc2cccc3cccnc23)c(C)c1. The Morgan fingerprint density at radius 2 is 1.79 bits per heavy atom. The molecule has 2 aromatic carbocycles. The predicted octanol–water partition coefficient (Wildman–Crippen LogP) is 4.91. The van der Waals surface area contributed by atoms with Crippen molar-refractivity contribution in [3.05, 3.63) is 70.9 Å². The lowest BCUT2D eigenvalue weighted by Crippen LogP contribution is -2.15. The minimum absolute atomic E-state index is 0.185. The zero-order chi connectivity index (χ0) is 17.1. The summed E-state index contributed by atoms with van der Waals surface area (Å²) in [6.07, 6.45) is 1.28. The van der Waals surface area contributed by atoms with Crippen LogP contribution in [0.2, 0.25) is 0 Å². The molecular weight excluding hydrogens is 300 g/mol. The Morgan fingerprint density at radius 3 is 2.54 bits per heavy atom. The Bertz CT molecular complexity index is 875. The van der Waals surface area contributed by atoms with Gasteiger partial charge in [-0.2, -0.15) is 0 Å². The molecule has 0 saturated heterocycles. The molecule has 0 aliphatic heterocycles. The molecule has 0 fully saturated rings. The summed E-state index contributed by atoms with van der Waals surface area (Å²) in [5, 5.41) is 3.87. The van der Waals surface area contributed by atoms with E-state index in [1.807, 2.05) is 63.2 Å². The molecule has 0 radical (unpaired) electrons. The van der Waals surface area contributed by atoms with Crippen molar-refractivity contribution < 1.29 is 9.53 Å². The molecule has 0 aliphatic carbocycles. The predicted molar refractivity (Wildman–Crippen MR) is 96.2 cm³/mol. The summed E-state index contributed by atoms with van der Waals surface area (Å²) in [4.78, 5) is 16.5. The molecule has 1 aromatic heterocycles. The number of rotatable bonds is 3. The number of benzene rings is 2. The van der Waals surface area contributed by atoms with Gasteiger partial charge in [0.1, 0.15) is 6.61 Å². The first kappa shape index (κ1) is 16.0. The van der Waals surface area contributed by atoms with Gasteiger partial charge in [0.2, 0.25) is 0 Å². The van der Waals surface area contributed by atoms with Gasteiger partial charge >= 0.3 is 6.09 Å². The fourth-order valence-corrected chi connectivity index (χ4v) is 2.94. The van der Waals surface area contributed by atoms with Gasteiger partial charge in [-0.3, -0.25) is 10.3 Å². The van der Waals surface area contributed by atoms with Crippen LogP contribution < -0.4 is 5.32 Å². The van der Waals surface area contributed by atoms with E-state index < -0.39 is 6.09 Å². The van der Waals surface area contributed by atoms with Crippen LogP contribution in [-0.4, -0.2) is 11.1 Å². The molecule has 0 aliphatic rings. The second-order valence-corrected chi connectivity index (χ2v) is 5.97. The van der Waals surface area contributed by atoms with Gasteiger partial charge in [0.25, 0.3) is 0 Å². The van der Waals surface area contributed by atoms with Crippen molar-refractivity contribution in [2.24, 2.45) is 0 Å². The van der Waals surface area contributed by atoms with Gasteiger partial charge in [-0.25, -0.2) is 4.79 Å². The van der Waals surface area contributed by atoms with Gasteiger partial charge in [-0.1, -0.05) is 42.0 Å². The molecule has 0 unspecified atom stereocenters. The monoisotopic (exact) mass is 320 g/mol. The highest BCUT2D eigenvalue weighted by Gasteiger charge is 2.10. The van der Waals surface area contributed by atoms with Crippen molar-refractivity contribution in [3.63, 3.8) is 0 Å². The average Bonchev–Trinajstić information content (AvgIpc) is 2.56. The summed E-state index contributed by atoms with van der Waals surface area (Å²) in [5.74, 6) is 0. The number of hydrogen-bond acceptors (Lipinski definition) is 3. The van der Waals surface area contributed by atoms with Gasteiger partial charge in [0.15, 0.2) is 0 Å².